The molecule has 0 aromatic heterocycles. The first-order valence-corrected chi connectivity index (χ1v) is 17.3. The lowest BCUT2D eigenvalue weighted by atomic mass is 10.1. The fourth-order valence-electron chi connectivity index (χ4n) is 4.42. The molecule has 6 nitrogen and oxygen atoms in total. The third kappa shape index (κ3) is 27.9. The van der Waals surface area contributed by atoms with Crippen LogP contribution in [0.5, 0.6) is 0 Å². The van der Waals surface area contributed by atoms with Gasteiger partial charge in [0.05, 0.1) is 17.9 Å². The third-order valence-corrected chi connectivity index (χ3v) is 7.58. The predicted octanol–water partition coefficient (Wildman–Crippen LogP) is 8.23. The topological polar surface area (TPSA) is 104 Å². The summed E-state index contributed by atoms with van der Waals surface area (Å²) in [4.78, 5) is 12.3. The van der Waals surface area contributed by atoms with E-state index in [1.165, 1.54) is 76.7 Å². The molecule has 0 saturated heterocycles. The number of amides is 1. The Balaban J connectivity index is 4.19. The largest absolute Gasteiger partial charge is 0.387 e. The molecule has 0 aliphatic rings. The lowest BCUT2D eigenvalue weighted by Crippen LogP contribution is -2.46. The van der Waals surface area contributed by atoms with Gasteiger partial charge in [0.2, 0.25) is 5.91 Å². The van der Waals surface area contributed by atoms with E-state index < -0.39 is 28.0 Å². The summed E-state index contributed by atoms with van der Waals surface area (Å²) in [7, 11) is -4.34. The standard InChI is InChI=1S/C32H59NO5S/c1-3-5-7-9-11-13-15-16-17-18-19-21-23-25-27-31(34)30(29-39(36,37)38)33-32(35)28-26-24-22-20-14-12-10-8-6-4-2/h13,15,18-19,25,27,30-31,34H,3-12,14,16-17,20-24,26,28-29H2,1-2H3,(H,33,35)(H,36,37,38)/b15-13+,19-18+,27-25+. The van der Waals surface area contributed by atoms with E-state index in [-0.39, 0.29) is 12.3 Å². The zero-order valence-electron chi connectivity index (χ0n) is 25.0. The van der Waals surface area contributed by atoms with Crippen LogP contribution < -0.4 is 5.32 Å². The lowest BCUT2D eigenvalue weighted by Gasteiger charge is -2.21. The number of hydrogen-bond donors (Lipinski definition) is 3. The van der Waals surface area contributed by atoms with Gasteiger partial charge in [-0.25, -0.2) is 0 Å². The van der Waals surface area contributed by atoms with Crippen molar-refractivity contribution in [2.24, 2.45) is 0 Å². The number of unbranched alkanes of at least 4 members (excludes halogenated alkanes) is 15. The molecule has 39 heavy (non-hydrogen) atoms. The molecule has 0 aliphatic heterocycles. The average molecular weight is 570 g/mol. The van der Waals surface area contributed by atoms with Gasteiger partial charge in [-0.05, 0) is 44.9 Å². The van der Waals surface area contributed by atoms with E-state index in [0.717, 1.165) is 44.9 Å². The Bertz CT molecular complexity index is 761. The van der Waals surface area contributed by atoms with E-state index in [1.807, 2.05) is 0 Å². The van der Waals surface area contributed by atoms with E-state index >= 15 is 0 Å². The molecular weight excluding hydrogens is 510 g/mol. The fraction of sp³-hybridized carbons (Fsp3) is 0.781. The Morgan fingerprint density at radius 3 is 1.62 bits per heavy atom. The van der Waals surface area contributed by atoms with Crippen LogP contribution in [-0.4, -0.2) is 41.9 Å². The summed E-state index contributed by atoms with van der Waals surface area (Å²) < 4.78 is 32.1. The number of aliphatic hydroxyl groups excluding tert-OH is 1. The van der Waals surface area contributed by atoms with E-state index in [4.69, 9.17) is 0 Å². The quantitative estimate of drug-likeness (QED) is 0.0525. The number of carbonyl (C=O) groups is 1. The van der Waals surface area contributed by atoms with Crippen LogP contribution in [0.4, 0.5) is 0 Å². The highest BCUT2D eigenvalue weighted by Crippen LogP contribution is 2.12. The van der Waals surface area contributed by atoms with Crippen molar-refractivity contribution in [2.45, 2.75) is 154 Å². The van der Waals surface area contributed by atoms with Gasteiger partial charge in [0.25, 0.3) is 10.1 Å². The molecule has 3 N–H and O–H groups in total. The first-order valence-electron chi connectivity index (χ1n) is 15.7. The summed E-state index contributed by atoms with van der Waals surface area (Å²) >= 11 is 0. The van der Waals surface area contributed by atoms with Crippen molar-refractivity contribution in [2.75, 3.05) is 5.75 Å². The van der Waals surface area contributed by atoms with E-state index in [9.17, 15) is 22.9 Å². The number of nitrogens with one attached hydrogen (secondary N) is 1. The van der Waals surface area contributed by atoms with Gasteiger partial charge in [-0.15, -0.1) is 0 Å². The molecule has 0 bridgehead atoms. The van der Waals surface area contributed by atoms with Crippen molar-refractivity contribution in [1.82, 2.24) is 5.32 Å². The summed E-state index contributed by atoms with van der Waals surface area (Å²) in [5, 5.41) is 13.1. The van der Waals surface area contributed by atoms with E-state index in [0.29, 0.717) is 6.42 Å². The third-order valence-electron chi connectivity index (χ3n) is 6.80. The van der Waals surface area contributed by atoms with Crippen molar-refractivity contribution in [3.63, 3.8) is 0 Å². The molecule has 0 aliphatic carbocycles. The Kier molecular flexibility index (Phi) is 25.8. The van der Waals surface area contributed by atoms with Crippen LogP contribution in [0.1, 0.15) is 142 Å². The lowest BCUT2D eigenvalue weighted by molar-refractivity contribution is -0.122. The smallest absolute Gasteiger partial charge is 0.267 e. The molecule has 0 spiro atoms. The molecule has 1 amide bonds. The minimum Gasteiger partial charge on any atom is -0.387 e. The Morgan fingerprint density at radius 1 is 0.667 bits per heavy atom. The van der Waals surface area contributed by atoms with Crippen LogP contribution in [0.15, 0.2) is 36.5 Å². The second-order valence-electron chi connectivity index (χ2n) is 10.7. The molecule has 2 unspecified atom stereocenters. The minimum absolute atomic E-state index is 0.285. The number of hydrogen-bond acceptors (Lipinski definition) is 4. The number of allylic oxidation sites excluding steroid dienone is 5. The van der Waals surface area contributed by atoms with Gasteiger partial charge in [-0.1, -0.05) is 127 Å². The molecule has 0 heterocycles. The molecule has 2 atom stereocenters. The van der Waals surface area contributed by atoms with E-state index in [1.54, 1.807) is 6.08 Å². The van der Waals surface area contributed by atoms with Crippen molar-refractivity contribution in [3.8, 4) is 0 Å². The number of aliphatic hydroxyl groups is 1. The van der Waals surface area contributed by atoms with Crippen LogP contribution in [0.2, 0.25) is 0 Å². The fourth-order valence-corrected chi connectivity index (χ4v) is 5.15. The van der Waals surface area contributed by atoms with Crippen molar-refractivity contribution < 1.29 is 22.9 Å². The van der Waals surface area contributed by atoms with Gasteiger partial charge >= 0.3 is 0 Å². The Labute approximate surface area is 240 Å². The average Bonchev–Trinajstić information content (AvgIpc) is 2.88. The molecule has 228 valence electrons. The predicted molar refractivity (Wildman–Crippen MR) is 165 cm³/mol. The highest BCUT2D eigenvalue weighted by atomic mass is 32.2. The zero-order chi connectivity index (χ0) is 29.0. The normalized spacial score (nSPS) is 14.1. The Morgan fingerprint density at radius 2 is 1.10 bits per heavy atom. The molecule has 7 heteroatoms. The summed E-state index contributed by atoms with van der Waals surface area (Å²) in [5.74, 6) is -1.01. The maximum absolute atomic E-state index is 12.3. The van der Waals surface area contributed by atoms with Crippen LogP contribution >= 0.6 is 0 Å². The molecule has 0 fully saturated rings. The van der Waals surface area contributed by atoms with Crippen molar-refractivity contribution in [1.29, 1.82) is 0 Å². The Hall–Kier alpha value is -1.44. The highest BCUT2D eigenvalue weighted by molar-refractivity contribution is 7.85. The molecule has 0 saturated carbocycles. The minimum atomic E-state index is -4.34. The van der Waals surface area contributed by atoms with Crippen LogP contribution in [0.3, 0.4) is 0 Å². The maximum atomic E-state index is 12.3. The highest BCUT2D eigenvalue weighted by Gasteiger charge is 2.24. The number of carbonyl (C=O) groups excluding carboxylic acids is 1. The molecule has 0 radical (unpaired) electrons. The summed E-state index contributed by atoms with van der Waals surface area (Å²) in [6, 6.07) is -1.07. The second-order valence-corrected chi connectivity index (χ2v) is 12.2. The van der Waals surface area contributed by atoms with Gasteiger partial charge < -0.3 is 10.4 Å². The summed E-state index contributed by atoms with van der Waals surface area (Å²) in [5.41, 5.74) is 0. The molecule has 0 aromatic carbocycles. The SMILES string of the molecule is CCCCCC/C=C/CC/C=C/CC/C=C/C(O)C(CS(=O)(=O)O)NC(=O)CCCCCCCCCCCC. The van der Waals surface area contributed by atoms with Crippen LogP contribution in [0, 0.1) is 0 Å². The van der Waals surface area contributed by atoms with Gasteiger partial charge in [0.15, 0.2) is 0 Å². The summed E-state index contributed by atoms with van der Waals surface area (Å²) in [6.45, 7) is 4.44. The van der Waals surface area contributed by atoms with Gasteiger partial charge in [-0.2, -0.15) is 8.42 Å². The summed E-state index contributed by atoms with van der Waals surface area (Å²) in [6.07, 6.45) is 32.7. The maximum Gasteiger partial charge on any atom is 0.267 e. The monoisotopic (exact) mass is 569 g/mol. The zero-order valence-corrected chi connectivity index (χ0v) is 25.8. The van der Waals surface area contributed by atoms with E-state index in [2.05, 4.69) is 43.5 Å². The van der Waals surface area contributed by atoms with Gasteiger partial charge in [-0.3, -0.25) is 9.35 Å². The number of rotatable bonds is 27. The van der Waals surface area contributed by atoms with Crippen molar-refractivity contribution >= 4 is 16.0 Å². The van der Waals surface area contributed by atoms with Gasteiger partial charge in [0, 0.05) is 6.42 Å². The molecule has 0 rings (SSSR count). The molecule has 0 aromatic rings. The van der Waals surface area contributed by atoms with Crippen LogP contribution in [0.25, 0.3) is 0 Å². The molecular formula is C32H59NO5S. The second kappa shape index (κ2) is 26.8. The first kappa shape index (κ1) is 37.6. The van der Waals surface area contributed by atoms with Crippen molar-refractivity contribution in [3.05, 3.63) is 36.5 Å². The first-order chi connectivity index (χ1) is 18.8. The van der Waals surface area contributed by atoms with Gasteiger partial charge in [0.1, 0.15) is 0 Å². The van der Waals surface area contributed by atoms with Crippen LogP contribution in [-0.2, 0) is 14.9 Å².